The van der Waals surface area contributed by atoms with E-state index in [1.807, 2.05) is 83.7 Å². The number of aromatic nitrogens is 2. The van der Waals surface area contributed by atoms with Gasteiger partial charge in [-0.2, -0.15) is 4.57 Å². The summed E-state index contributed by atoms with van der Waals surface area (Å²) in [5.41, 5.74) is 5.20. The molecular weight excluding hydrogens is 332 g/mol. The van der Waals surface area contributed by atoms with E-state index in [-0.39, 0.29) is 5.78 Å². The van der Waals surface area contributed by atoms with Crippen LogP contribution >= 0.6 is 0 Å². The molecule has 0 radical (unpaired) electrons. The lowest BCUT2D eigenvalue weighted by molar-refractivity contribution is -0.683. The Morgan fingerprint density at radius 2 is 1.22 bits per heavy atom. The third-order valence-corrected chi connectivity index (χ3v) is 4.54. The number of ketones is 1. The van der Waals surface area contributed by atoms with E-state index < -0.39 is 0 Å². The van der Waals surface area contributed by atoms with E-state index in [0.717, 1.165) is 27.8 Å². The van der Waals surface area contributed by atoms with Crippen molar-refractivity contribution in [3.05, 3.63) is 109 Å². The number of carbonyl (C=O) groups excluding carboxylic acids is 1. The highest BCUT2D eigenvalue weighted by molar-refractivity contribution is 5.95. The quantitative estimate of drug-likeness (QED) is 0.389. The molecule has 130 valence electrons. The normalized spacial score (nSPS) is 10.5. The van der Waals surface area contributed by atoms with Crippen LogP contribution in [0.2, 0.25) is 0 Å². The van der Waals surface area contributed by atoms with Crippen LogP contribution in [0.5, 0.6) is 0 Å². The van der Waals surface area contributed by atoms with Gasteiger partial charge in [-0.3, -0.25) is 9.78 Å². The molecule has 3 heteroatoms. The summed E-state index contributed by atoms with van der Waals surface area (Å²) in [4.78, 5) is 16.6. The summed E-state index contributed by atoms with van der Waals surface area (Å²) in [5, 5.41) is 0. The van der Waals surface area contributed by atoms with Gasteiger partial charge in [0.1, 0.15) is 0 Å². The first kappa shape index (κ1) is 16.9. The molecule has 4 aromatic rings. The van der Waals surface area contributed by atoms with Crippen molar-refractivity contribution in [2.75, 3.05) is 0 Å². The minimum absolute atomic E-state index is 0.0938. The Balaban J connectivity index is 1.46. The number of nitrogens with zero attached hydrogens (tertiary/aromatic N) is 2. The van der Waals surface area contributed by atoms with Crippen LogP contribution in [-0.2, 0) is 6.54 Å². The molecule has 0 amide bonds. The molecule has 0 saturated carbocycles. The van der Waals surface area contributed by atoms with Crippen LogP contribution in [0.1, 0.15) is 10.4 Å². The summed E-state index contributed by atoms with van der Waals surface area (Å²) < 4.78 is 1.90. The molecule has 0 fully saturated rings. The lowest BCUT2D eigenvalue weighted by atomic mass is 10.0. The number of Topliss-reactive ketones (excluding diaryl/α,β-unsaturated/α-hetero) is 1. The van der Waals surface area contributed by atoms with Crippen LogP contribution in [0.25, 0.3) is 22.3 Å². The molecular formula is C24H19N2O+. The average molecular weight is 351 g/mol. The van der Waals surface area contributed by atoms with Gasteiger partial charge in [0.15, 0.2) is 12.4 Å². The number of rotatable bonds is 5. The first-order chi connectivity index (χ1) is 13.3. The van der Waals surface area contributed by atoms with Crippen molar-refractivity contribution in [1.29, 1.82) is 0 Å². The largest absolute Gasteiger partial charge is 0.287 e. The van der Waals surface area contributed by atoms with Crippen LogP contribution in [-0.4, -0.2) is 10.8 Å². The Morgan fingerprint density at radius 3 is 1.89 bits per heavy atom. The van der Waals surface area contributed by atoms with Crippen molar-refractivity contribution in [3.63, 3.8) is 0 Å². The second-order valence-electron chi connectivity index (χ2n) is 6.36. The van der Waals surface area contributed by atoms with Crippen LogP contribution in [0, 0.1) is 0 Å². The molecule has 3 nitrogen and oxygen atoms in total. The van der Waals surface area contributed by atoms with Gasteiger partial charge in [0, 0.05) is 30.1 Å². The van der Waals surface area contributed by atoms with Crippen molar-refractivity contribution >= 4 is 5.78 Å². The second kappa shape index (κ2) is 7.75. The molecule has 2 aromatic carbocycles. The molecule has 0 spiro atoms. The van der Waals surface area contributed by atoms with Crippen molar-refractivity contribution in [2.45, 2.75) is 6.54 Å². The number of benzene rings is 2. The van der Waals surface area contributed by atoms with Crippen molar-refractivity contribution < 1.29 is 9.36 Å². The van der Waals surface area contributed by atoms with Crippen molar-refractivity contribution in [3.8, 4) is 22.3 Å². The molecule has 0 aliphatic rings. The van der Waals surface area contributed by atoms with E-state index in [4.69, 9.17) is 0 Å². The summed E-state index contributed by atoms with van der Waals surface area (Å²) in [6, 6.07) is 25.9. The maximum atomic E-state index is 12.6. The average Bonchev–Trinajstić information content (AvgIpc) is 2.76. The molecule has 0 bridgehead atoms. The molecule has 0 aliphatic heterocycles. The highest BCUT2D eigenvalue weighted by Crippen LogP contribution is 2.19. The fraction of sp³-hybridized carbons (Fsp3) is 0.0417. The Morgan fingerprint density at radius 1 is 0.667 bits per heavy atom. The molecule has 0 unspecified atom stereocenters. The van der Waals surface area contributed by atoms with Gasteiger partial charge in [-0.15, -0.1) is 0 Å². The van der Waals surface area contributed by atoms with Crippen LogP contribution in [0.4, 0.5) is 0 Å². The van der Waals surface area contributed by atoms with E-state index >= 15 is 0 Å². The zero-order chi connectivity index (χ0) is 18.5. The van der Waals surface area contributed by atoms with Crippen molar-refractivity contribution in [2.24, 2.45) is 0 Å². The fourth-order valence-electron chi connectivity index (χ4n) is 3.04. The second-order valence-corrected chi connectivity index (χ2v) is 6.36. The Labute approximate surface area is 158 Å². The van der Waals surface area contributed by atoms with Gasteiger partial charge < -0.3 is 0 Å². The Hall–Kier alpha value is -3.59. The first-order valence-electron chi connectivity index (χ1n) is 8.88. The molecule has 27 heavy (non-hydrogen) atoms. The molecule has 0 saturated heterocycles. The highest BCUT2D eigenvalue weighted by atomic mass is 16.1. The van der Waals surface area contributed by atoms with Crippen LogP contribution < -0.4 is 4.57 Å². The lowest BCUT2D eigenvalue weighted by Crippen LogP contribution is -2.37. The third-order valence-electron chi connectivity index (χ3n) is 4.54. The Bertz CT molecular complexity index is 1030. The summed E-state index contributed by atoms with van der Waals surface area (Å²) >= 11 is 0. The summed E-state index contributed by atoms with van der Waals surface area (Å²) in [7, 11) is 0. The van der Waals surface area contributed by atoms with Gasteiger partial charge in [0.25, 0.3) is 0 Å². The Kier molecular flexibility index (Phi) is 4.84. The summed E-state index contributed by atoms with van der Waals surface area (Å²) in [5.74, 6) is 0.0938. The predicted molar refractivity (Wildman–Crippen MR) is 106 cm³/mol. The minimum atomic E-state index is 0.0938. The van der Waals surface area contributed by atoms with E-state index in [9.17, 15) is 4.79 Å². The molecule has 4 rings (SSSR count). The van der Waals surface area contributed by atoms with Crippen molar-refractivity contribution in [1.82, 2.24) is 4.98 Å². The van der Waals surface area contributed by atoms with Crippen LogP contribution in [0.3, 0.4) is 0 Å². The third kappa shape index (κ3) is 3.98. The SMILES string of the molecule is O=C(C[n+]1ccc(-c2ccncc2)cc1)c1ccc(-c2ccccc2)cc1. The van der Waals surface area contributed by atoms with E-state index in [0.29, 0.717) is 6.54 Å². The highest BCUT2D eigenvalue weighted by Gasteiger charge is 2.12. The lowest BCUT2D eigenvalue weighted by Gasteiger charge is -2.04. The number of hydrogen-bond donors (Lipinski definition) is 0. The molecule has 0 aliphatic carbocycles. The zero-order valence-electron chi connectivity index (χ0n) is 14.8. The standard InChI is InChI=1S/C24H19N2O/c27-24(23-8-6-20(7-9-23)19-4-2-1-3-5-19)18-26-16-12-22(13-17-26)21-10-14-25-15-11-21/h1-17H,18H2/q+1. The zero-order valence-corrected chi connectivity index (χ0v) is 14.8. The molecule has 0 atom stereocenters. The van der Waals surface area contributed by atoms with Gasteiger partial charge in [0.05, 0.1) is 0 Å². The van der Waals surface area contributed by atoms with E-state index in [2.05, 4.69) is 17.1 Å². The summed E-state index contributed by atoms with van der Waals surface area (Å²) in [6.45, 7) is 0.321. The maximum Gasteiger partial charge on any atom is 0.227 e. The van der Waals surface area contributed by atoms with Gasteiger partial charge in [-0.25, -0.2) is 0 Å². The predicted octanol–water partition coefficient (Wildman–Crippen LogP) is 4.59. The van der Waals surface area contributed by atoms with Crippen LogP contribution in [0.15, 0.2) is 104 Å². The van der Waals surface area contributed by atoms with Gasteiger partial charge >= 0.3 is 0 Å². The minimum Gasteiger partial charge on any atom is -0.287 e. The summed E-state index contributed by atoms with van der Waals surface area (Å²) in [6.07, 6.45) is 7.43. The fourth-order valence-corrected chi connectivity index (χ4v) is 3.04. The van der Waals surface area contributed by atoms with E-state index in [1.54, 1.807) is 12.4 Å². The number of carbonyl (C=O) groups is 1. The monoisotopic (exact) mass is 351 g/mol. The number of hydrogen-bond acceptors (Lipinski definition) is 2. The van der Waals surface area contributed by atoms with Gasteiger partial charge in [-0.1, -0.05) is 54.6 Å². The van der Waals surface area contributed by atoms with E-state index in [1.165, 1.54) is 0 Å². The van der Waals surface area contributed by atoms with Gasteiger partial charge in [-0.05, 0) is 34.4 Å². The molecule has 2 aromatic heterocycles. The maximum absolute atomic E-state index is 12.6. The topological polar surface area (TPSA) is 33.8 Å². The molecule has 0 N–H and O–H groups in total. The number of pyridine rings is 2. The molecule has 2 heterocycles. The van der Waals surface area contributed by atoms with Gasteiger partial charge in [0.2, 0.25) is 12.3 Å². The first-order valence-corrected chi connectivity index (χ1v) is 8.88. The smallest absolute Gasteiger partial charge is 0.227 e.